The zero-order valence-corrected chi connectivity index (χ0v) is 29.2. The van der Waals surface area contributed by atoms with E-state index < -0.39 is 21.3 Å². The van der Waals surface area contributed by atoms with Crippen LogP contribution >= 0.6 is 0 Å². The average Bonchev–Trinajstić information content (AvgIpc) is 3.29. The normalized spacial score (nSPS) is 16.8. The Morgan fingerprint density at radius 3 is 1.60 bits per heavy atom. The minimum absolute atomic E-state index is 0. The Kier molecular flexibility index (Phi) is 9.83. The van der Waals surface area contributed by atoms with Crippen molar-refractivity contribution in [2.24, 2.45) is 5.92 Å². The van der Waals surface area contributed by atoms with Crippen molar-refractivity contribution < 1.29 is 50.5 Å². The van der Waals surface area contributed by atoms with E-state index in [2.05, 4.69) is 108 Å². The number of allylic oxidation sites excluding steroid dienone is 4. The van der Waals surface area contributed by atoms with E-state index in [1.807, 2.05) is 12.1 Å². The summed E-state index contributed by atoms with van der Waals surface area (Å²) >= 11 is -2.54. The molecule has 5 rings (SSSR count). The first kappa shape index (κ1) is 32.9. The minimum Gasteiger partial charge on any atom is -1.00 e. The third-order valence-electron chi connectivity index (χ3n) is 8.52. The molecule has 0 amide bonds. The Balaban J connectivity index is 0.00000220. The summed E-state index contributed by atoms with van der Waals surface area (Å²) in [6.07, 6.45) is 2.45. The predicted molar refractivity (Wildman–Crippen MR) is 158 cm³/mol. The first-order chi connectivity index (χ1) is 17.8. The van der Waals surface area contributed by atoms with Crippen LogP contribution in [0.4, 0.5) is 4.39 Å². The standard InChI is InChI=1S/C21H25.C8H11.C7H5F.2ClH.Zr/c1-20(2,3)16-9-7-14-11-15-8-10-17(21(4,5)6)13-19(15)18(14)12-16;1-6-4-7(2)8(3)5-6;1-6-2-4-7(8)5-3-6;;;/h7-13H,1-6H3;4,6H,1-3H3;1-5H;2*1H;/q;;;;;+2/p-2. The molecule has 0 spiro atoms. The van der Waals surface area contributed by atoms with Crippen molar-refractivity contribution in [1.29, 1.82) is 0 Å². The van der Waals surface area contributed by atoms with Gasteiger partial charge in [-0.25, -0.2) is 0 Å². The minimum atomic E-state index is -2.54. The van der Waals surface area contributed by atoms with Gasteiger partial charge in [-0.05, 0) is 0 Å². The van der Waals surface area contributed by atoms with Crippen LogP contribution in [-0.2, 0) is 32.1 Å². The summed E-state index contributed by atoms with van der Waals surface area (Å²) in [7, 11) is 0. The Hall–Kier alpha value is -1.60. The second kappa shape index (κ2) is 12.0. The van der Waals surface area contributed by atoms with Gasteiger partial charge in [-0.2, -0.15) is 0 Å². The van der Waals surface area contributed by atoms with Gasteiger partial charge in [0.15, 0.2) is 0 Å². The topological polar surface area (TPSA) is 0 Å². The van der Waals surface area contributed by atoms with Gasteiger partial charge in [0.05, 0.1) is 0 Å². The molecular formula is C36H41Cl2FZr. The van der Waals surface area contributed by atoms with Gasteiger partial charge in [-0.15, -0.1) is 0 Å². The molecule has 0 aliphatic heterocycles. The smallest absolute Gasteiger partial charge is 1.00 e. The summed E-state index contributed by atoms with van der Waals surface area (Å²) in [6.45, 7) is 20.8. The van der Waals surface area contributed by atoms with Gasteiger partial charge in [0.25, 0.3) is 0 Å². The van der Waals surface area contributed by atoms with Gasteiger partial charge < -0.3 is 24.8 Å². The fourth-order valence-electron chi connectivity index (χ4n) is 6.19. The maximum atomic E-state index is 13.8. The molecule has 1 unspecified atom stereocenters. The second-order valence-electron chi connectivity index (χ2n) is 13.4. The first-order valence-corrected chi connectivity index (χ1v) is 18.0. The van der Waals surface area contributed by atoms with Gasteiger partial charge in [-0.1, -0.05) is 0 Å². The van der Waals surface area contributed by atoms with E-state index in [-0.39, 0.29) is 41.5 Å². The predicted octanol–water partition coefficient (Wildman–Crippen LogP) is 3.84. The van der Waals surface area contributed by atoms with Crippen LogP contribution in [0.2, 0.25) is 0 Å². The molecule has 0 radical (unpaired) electrons. The number of halogens is 3. The summed E-state index contributed by atoms with van der Waals surface area (Å²) in [5.41, 5.74) is 12.8. The number of benzene rings is 3. The Morgan fingerprint density at radius 1 is 0.725 bits per heavy atom. The summed E-state index contributed by atoms with van der Waals surface area (Å²) < 4.78 is 18.5. The fraction of sp³-hybridized carbons (Fsp3) is 0.361. The van der Waals surface area contributed by atoms with E-state index in [0.29, 0.717) is 9.54 Å². The Bertz CT molecular complexity index is 1450. The van der Waals surface area contributed by atoms with Crippen LogP contribution in [0.5, 0.6) is 0 Å². The molecule has 0 heterocycles. The monoisotopic (exact) mass is 652 g/mol. The first-order valence-electron chi connectivity index (χ1n) is 13.9. The molecule has 2 aliphatic carbocycles. The van der Waals surface area contributed by atoms with Crippen LogP contribution in [-0.4, -0.2) is 3.71 Å². The molecule has 0 aromatic heterocycles. The van der Waals surface area contributed by atoms with Gasteiger partial charge >= 0.3 is 238 Å². The summed E-state index contributed by atoms with van der Waals surface area (Å²) in [4.78, 5) is 0. The zero-order chi connectivity index (χ0) is 27.6. The third kappa shape index (κ3) is 6.11. The Labute approximate surface area is 261 Å². The van der Waals surface area contributed by atoms with E-state index in [9.17, 15) is 4.39 Å². The number of hydrogen-bond donors (Lipinski definition) is 0. The van der Waals surface area contributed by atoms with Crippen molar-refractivity contribution in [2.45, 2.75) is 76.8 Å². The van der Waals surface area contributed by atoms with Gasteiger partial charge in [-0.3, -0.25) is 0 Å². The molecule has 0 N–H and O–H groups in total. The number of hydrogen-bond acceptors (Lipinski definition) is 0. The summed E-state index contributed by atoms with van der Waals surface area (Å²) in [5.74, 6) is 0.284. The zero-order valence-electron chi connectivity index (χ0n) is 25.2. The molecule has 3 aromatic rings. The van der Waals surface area contributed by atoms with Gasteiger partial charge in [0, 0.05) is 0 Å². The number of fused-ring (bicyclic) bond motifs is 3. The molecule has 2 aliphatic rings. The molecule has 0 saturated carbocycles. The van der Waals surface area contributed by atoms with Crippen molar-refractivity contribution in [2.75, 3.05) is 0 Å². The molecule has 210 valence electrons. The maximum Gasteiger partial charge on any atom is -1.00 e. The second-order valence-corrected chi connectivity index (χ2v) is 19.1. The van der Waals surface area contributed by atoms with E-state index in [1.54, 1.807) is 15.4 Å². The van der Waals surface area contributed by atoms with E-state index in [0.717, 1.165) is 5.56 Å². The number of rotatable bonds is 3. The van der Waals surface area contributed by atoms with Crippen LogP contribution < -0.4 is 24.8 Å². The van der Waals surface area contributed by atoms with Gasteiger partial charge in [0.2, 0.25) is 0 Å². The fourth-order valence-corrected chi connectivity index (χ4v) is 15.0. The molecule has 1 atom stereocenters. The van der Waals surface area contributed by atoms with Crippen molar-refractivity contribution in [1.82, 2.24) is 0 Å². The van der Waals surface area contributed by atoms with E-state index in [1.165, 1.54) is 44.5 Å². The molecule has 3 aromatic carbocycles. The van der Waals surface area contributed by atoms with Crippen LogP contribution in [0, 0.1) is 11.7 Å². The molecule has 4 heteroatoms. The van der Waals surface area contributed by atoms with Crippen LogP contribution in [0.15, 0.2) is 81.2 Å². The molecular weight excluding hydrogens is 614 g/mol. The molecule has 0 nitrogen and oxygen atoms in total. The van der Waals surface area contributed by atoms with Crippen molar-refractivity contribution >= 4 is 3.71 Å². The van der Waals surface area contributed by atoms with E-state index in [4.69, 9.17) is 0 Å². The van der Waals surface area contributed by atoms with Crippen LogP contribution in [0.1, 0.15) is 93.8 Å². The molecule has 0 saturated heterocycles. The van der Waals surface area contributed by atoms with Crippen molar-refractivity contribution in [3.8, 4) is 11.1 Å². The Morgan fingerprint density at radius 2 is 1.20 bits per heavy atom. The van der Waals surface area contributed by atoms with Crippen molar-refractivity contribution in [3.05, 3.63) is 115 Å². The average molecular weight is 655 g/mol. The largest absolute Gasteiger partial charge is 1.00 e. The molecule has 0 fully saturated rings. The van der Waals surface area contributed by atoms with Crippen LogP contribution in [0.25, 0.3) is 11.1 Å². The SMILES string of the molecule is CC1=CC(C)[C](/[Zr+2](=[CH]/c2ccc(F)cc2)[CH]2c3ccc(C(C)(C)C)cc3-c3cc(C(C)(C)C)ccc32)=C1C.[Cl-].[Cl-]. The van der Waals surface area contributed by atoms with Gasteiger partial charge in [0.1, 0.15) is 0 Å². The quantitative estimate of drug-likeness (QED) is 0.403. The summed E-state index contributed by atoms with van der Waals surface area (Å²) in [6, 6.07) is 21.7. The third-order valence-corrected chi connectivity index (χ3v) is 16.7. The molecule has 0 bridgehead atoms. The van der Waals surface area contributed by atoms with E-state index >= 15 is 0 Å². The maximum absolute atomic E-state index is 13.8. The molecule has 40 heavy (non-hydrogen) atoms. The van der Waals surface area contributed by atoms with Crippen molar-refractivity contribution in [3.63, 3.8) is 0 Å². The summed E-state index contributed by atoms with van der Waals surface area (Å²) in [5, 5.41) is 0. The van der Waals surface area contributed by atoms with Crippen LogP contribution in [0.3, 0.4) is 0 Å².